The van der Waals surface area contributed by atoms with Crippen molar-refractivity contribution in [2.45, 2.75) is 50.0 Å². The van der Waals surface area contributed by atoms with Crippen molar-refractivity contribution in [3.63, 3.8) is 0 Å². The fraction of sp³-hybridized carbons (Fsp3) is 0.406. The Bertz CT molecular complexity index is 1750. The summed E-state index contributed by atoms with van der Waals surface area (Å²) < 4.78 is 54.0. The minimum atomic E-state index is -0.750. The van der Waals surface area contributed by atoms with Crippen LogP contribution in [0.25, 0.3) is 32.9 Å². The number of benzene rings is 2. The van der Waals surface area contributed by atoms with Crippen molar-refractivity contribution in [2.24, 2.45) is 0 Å². The van der Waals surface area contributed by atoms with Crippen molar-refractivity contribution >= 4 is 27.5 Å². The van der Waals surface area contributed by atoms with Gasteiger partial charge in [-0.2, -0.15) is 9.97 Å². The monoisotopic (exact) mass is 589 g/mol. The molecule has 4 aromatic rings. The van der Waals surface area contributed by atoms with Crippen LogP contribution in [0.5, 0.6) is 11.8 Å². The summed E-state index contributed by atoms with van der Waals surface area (Å²) in [6.45, 7) is 2.98. The van der Waals surface area contributed by atoms with Gasteiger partial charge in [-0.25, -0.2) is 13.2 Å². The molecule has 0 aliphatic carbocycles. The Morgan fingerprint density at radius 2 is 1.93 bits per heavy atom. The van der Waals surface area contributed by atoms with Gasteiger partial charge in [0.2, 0.25) is 0 Å². The van der Waals surface area contributed by atoms with Gasteiger partial charge in [0.05, 0.1) is 43.4 Å². The molecule has 6 heterocycles. The molecule has 1 N–H and O–H groups in total. The Balaban J connectivity index is 0.000000283. The molecule has 11 heteroatoms. The number of nitrogens with zero attached hydrogens (tertiary/aromatic N) is 5. The van der Waals surface area contributed by atoms with Crippen molar-refractivity contribution in [1.29, 1.82) is 0 Å². The zero-order chi connectivity index (χ0) is 29.8. The molecule has 4 aliphatic heterocycles. The topological polar surface area (TPSA) is 83.8 Å². The van der Waals surface area contributed by atoms with Gasteiger partial charge in [-0.15, -0.1) is 6.42 Å². The van der Waals surface area contributed by atoms with Gasteiger partial charge in [-0.1, -0.05) is 12.0 Å². The number of anilines is 1. The number of phenols is 1. The van der Waals surface area contributed by atoms with Gasteiger partial charge in [0.1, 0.15) is 34.8 Å². The lowest BCUT2D eigenvalue weighted by Gasteiger charge is -2.53. The Kier molecular flexibility index (Phi) is 6.98. The maximum atomic E-state index is 16.0. The van der Waals surface area contributed by atoms with Crippen LogP contribution in [-0.2, 0) is 4.74 Å². The minimum Gasteiger partial charge on any atom is -0.508 e. The quantitative estimate of drug-likeness (QED) is 0.335. The maximum absolute atomic E-state index is 16.0. The van der Waals surface area contributed by atoms with Crippen LogP contribution in [0, 0.1) is 24.0 Å². The van der Waals surface area contributed by atoms with Crippen LogP contribution in [0.3, 0.4) is 0 Å². The maximum Gasteiger partial charge on any atom is 0.318 e. The predicted octanol–water partition coefficient (Wildman–Crippen LogP) is 4.99. The van der Waals surface area contributed by atoms with E-state index in [0.29, 0.717) is 42.4 Å². The fourth-order valence-corrected chi connectivity index (χ4v) is 6.96. The van der Waals surface area contributed by atoms with Gasteiger partial charge in [-0.05, 0) is 55.8 Å². The van der Waals surface area contributed by atoms with E-state index in [4.69, 9.17) is 15.9 Å². The summed E-state index contributed by atoms with van der Waals surface area (Å²) >= 11 is 0. The molecule has 2 aromatic heterocycles. The van der Waals surface area contributed by atoms with Crippen LogP contribution in [0.2, 0.25) is 0 Å². The molecule has 222 valence electrons. The highest BCUT2D eigenvalue weighted by Gasteiger charge is 2.44. The molecule has 8 nitrogen and oxygen atoms in total. The van der Waals surface area contributed by atoms with Crippen LogP contribution in [-0.4, -0.2) is 82.7 Å². The molecule has 4 atom stereocenters. The summed E-state index contributed by atoms with van der Waals surface area (Å²) in [4.78, 5) is 17.5. The smallest absolute Gasteiger partial charge is 0.318 e. The average molecular weight is 590 g/mol. The number of hydrogen-bond donors (Lipinski definition) is 1. The highest BCUT2D eigenvalue weighted by molar-refractivity contribution is 6.03. The summed E-state index contributed by atoms with van der Waals surface area (Å²) in [7, 11) is 1.41. The molecule has 2 aromatic carbocycles. The van der Waals surface area contributed by atoms with E-state index < -0.39 is 17.8 Å². The SMILES string of the molecule is C#Cc1c(F)ccc2cc(O)cc(-c3ncc4c(N5C6COCC5C6)nc(OC)nc4c3F)c12.FC1CC2CCCN2C1. The van der Waals surface area contributed by atoms with Crippen LogP contribution >= 0.6 is 0 Å². The predicted molar refractivity (Wildman–Crippen MR) is 156 cm³/mol. The zero-order valence-electron chi connectivity index (χ0n) is 23.6. The van der Waals surface area contributed by atoms with E-state index in [0.717, 1.165) is 19.4 Å². The Morgan fingerprint density at radius 3 is 2.65 bits per heavy atom. The van der Waals surface area contributed by atoms with E-state index in [2.05, 4.69) is 30.7 Å². The average Bonchev–Trinajstić information content (AvgIpc) is 3.59. The van der Waals surface area contributed by atoms with E-state index >= 15 is 4.39 Å². The van der Waals surface area contributed by atoms with E-state index in [9.17, 15) is 13.9 Å². The number of methoxy groups -OCH3 is 1. The number of terminal acetylenes is 1. The van der Waals surface area contributed by atoms with Gasteiger partial charge in [-0.3, -0.25) is 9.88 Å². The second-order valence-corrected chi connectivity index (χ2v) is 11.5. The van der Waals surface area contributed by atoms with E-state index in [-0.39, 0.29) is 51.6 Å². The first-order valence-corrected chi connectivity index (χ1v) is 14.4. The minimum absolute atomic E-state index is 0.00731. The Labute approximate surface area is 246 Å². The van der Waals surface area contributed by atoms with Gasteiger partial charge >= 0.3 is 6.01 Å². The third-order valence-corrected chi connectivity index (χ3v) is 8.93. The molecule has 4 fully saturated rings. The molecule has 4 unspecified atom stereocenters. The molecule has 8 rings (SSSR count). The third-order valence-electron chi connectivity index (χ3n) is 8.93. The number of phenolic OH excluding ortho intramolecular Hbond substituents is 1. The number of halogens is 3. The van der Waals surface area contributed by atoms with Crippen LogP contribution < -0.4 is 9.64 Å². The van der Waals surface area contributed by atoms with Gasteiger partial charge in [0.25, 0.3) is 0 Å². The van der Waals surface area contributed by atoms with Crippen LogP contribution in [0.15, 0.2) is 30.5 Å². The standard InChI is InChI=1S/C25H18F2N4O3.C7H12FN/c1-3-16-19(26)5-4-12-6-15(32)8-17(20(12)16)22-21(27)23-18(9-28-22)24(30-25(29-23)33-2)31-13-7-14(31)11-34-10-13;8-6-4-7-2-1-3-9(7)5-6/h1,4-6,8-9,13-14,32H,7,10-11H2,2H3;6-7H,1-5H2. The largest absolute Gasteiger partial charge is 0.508 e. The normalized spacial score (nSPS) is 24.3. The number of hydrogen-bond acceptors (Lipinski definition) is 8. The van der Waals surface area contributed by atoms with Gasteiger partial charge < -0.3 is 19.5 Å². The summed E-state index contributed by atoms with van der Waals surface area (Å²) in [6.07, 6.45) is 10.8. The highest BCUT2D eigenvalue weighted by atomic mass is 19.1. The van der Waals surface area contributed by atoms with Crippen LogP contribution in [0.1, 0.15) is 31.2 Å². The molecule has 0 spiro atoms. The molecular formula is C32H30F3N5O3. The molecular weight excluding hydrogens is 559 g/mol. The fourth-order valence-electron chi connectivity index (χ4n) is 6.96. The van der Waals surface area contributed by atoms with Crippen molar-refractivity contribution in [1.82, 2.24) is 19.9 Å². The summed E-state index contributed by atoms with van der Waals surface area (Å²) in [5.74, 6) is 1.36. The Hall–Kier alpha value is -4.14. The second kappa shape index (κ2) is 10.8. The Morgan fingerprint density at radius 1 is 1.12 bits per heavy atom. The van der Waals surface area contributed by atoms with Crippen molar-refractivity contribution < 1.29 is 27.8 Å². The first-order valence-electron chi connectivity index (χ1n) is 14.4. The first kappa shape index (κ1) is 27.7. The van der Waals surface area contributed by atoms with E-state index in [1.807, 2.05) is 0 Å². The zero-order valence-corrected chi connectivity index (χ0v) is 23.6. The van der Waals surface area contributed by atoms with E-state index in [1.54, 1.807) is 0 Å². The second-order valence-electron chi connectivity index (χ2n) is 11.5. The molecule has 0 saturated carbocycles. The van der Waals surface area contributed by atoms with E-state index in [1.165, 1.54) is 50.4 Å². The molecule has 43 heavy (non-hydrogen) atoms. The van der Waals surface area contributed by atoms with Gasteiger partial charge in [0.15, 0.2) is 5.82 Å². The van der Waals surface area contributed by atoms with Crippen molar-refractivity contribution in [2.75, 3.05) is 38.3 Å². The van der Waals surface area contributed by atoms with Gasteiger partial charge in [0, 0.05) is 29.7 Å². The first-order chi connectivity index (χ1) is 20.9. The molecule has 4 saturated heterocycles. The lowest BCUT2D eigenvalue weighted by Crippen LogP contribution is -2.64. The highest BCUT2D eigenvalue weighted by Crippen LogP contribution is 2.42. The number of aromatic nitrogens is 3. The summed E-state index contributed by atoms with van der Waals surface area (Å²) in [5, 5.41) is 11.4. The van der Waals surface area contributed by atoms with Crippen molar-refractivity contribution in [3.8, 4) is 35.4 Å². The lowest BCUT2D eigenvalue weighted by atomic mass is 9.91. The lowest BCUT2D eigenvalue weighted by molar-refractivity contribution is 0.00984. The number of ether oxygens (including phenoxy) is 2. The number of fused-ring (bicyclic) bond motifs is 5. The number of rotatable bonds is 3. The number of aromatic hydroxyl groups is 1. The molecule has 4 aliphatic rings. The van der Waals surface area contributed by atoms with Crippen molar-refractivity contribution in [3.05, 3.63) is 47.7 Å². The number of morpholine rings is 1. The number of pyridine rings is 1. The third kappa shape index (κ3) is 4.69. The number of alkyl halides is 1. The van der Waals surface area contributed by atoms with Crippen LogP contribution in [0.4, 0.5) is 19.0 Å². The summed E-state index contributed by atoms with van der Waals surface area (Å²) in [5.41, 5.74) is 0.0144. The molecule has 0 radical (unpaired) electrons. The summed E-state index contributed by atoms with van der Waals surface area (Å²) in [6, 6.07) is 6.34. The molecule has 2 bridgehead atoms. The molecule has 0 amide bonds.